The molecule has 2 heterocycles. The van der Waals surface area contributed by atoms with Gasteiger partial charge in [-0.3, -0.25) is 4.79 Å². The number of halogens is 1. The van der Waals surface area contributed by atoms with Gasteiger partial charge in [0.05, 0.1) is 6.42 Å². The third-order valence-electron chi connectivity index (χ3n) is 4.08. The van der Waals surface area contributed by atoms with E-state index < -0.39 is 0 Å². The second kappa shape index (κ2) is 5.49. The molecule has 106 valence electrons. The van der Waals surface area contributed by atoms with Crippen molar-refractivity contribution in [2.45, 2.75) is 26.2 Å². The number of hydrogen-bond donors (Lipinski definition) is 1. The van der Waals surface area contributed by atoms with Crippen LogP contribution in [-0.4, -0.2) is 28.9 Å². The Morgan fingerprint density at radius 2 is 2.35 bits per heavy atom. The van der Waals surface area contributed by atoms with Crippen molar-refractivity contribution in [2.24, 2.45) is 5.92 Å². The molecule has 0 bridgehead atoms. The number of nitrogens with one attached hydrogen (secondary N) is 1. The Hall–Kier alpha value is -1.48. The Kier molecular flexibility index (Phi) is 3.70. The molecule has 0 aliphatic carbocycles. The van der Waals surface area contributed by atoms with E-state index >= 15 is 0 Å². The van der Waals surface area contributed by atoms with Gasteiger partial charge in [-0.2, -0.15) is 0 Å². The van der Waals surface area contributed by atoms with E-state index in [1.807, 2.05) is 29.3 Å². The van der Waals surface area contributed by atoms with E-state index in [1.165, 1.54) is 6.42 Å². The molecule has 20 heavy (non-hydrogen) atoms. The number of carbonyl (C=O) groups is 1. The lowest BCUT2D eigenvalue weighted by molar-refractivity contribution is -0.132. The molecule has 1 aromatic carbocycles. The fourth-order valence-corrected chi connectivity index (χ4v) is 3.16. The Bertz CT molecular complexity index is 634. The third kappa shape index (κ3) is 2.68. The van der Waals surface area contributed by atoms with Gasteiger partial charge in [-0.25, -0.2) is 0 Å². The molecule has 1 saturated heterocycles. The minimum Gasteiger partial charge on any atom is -0.361 e. The molecule has 1 aliphatic heterocycles. The molecular weight excluding hydrogens is 272 g/mol. The van der Waals surface area contributed by atoms with E-state index in [9.17, 15) is 4.79 Å². The van der Waals surface area contributed by atoms with Crippen molar-refractivity contribution in [1.82, 2.24) is 9.88 Å². The third-order valence-corrected chi connectivity index (χ3v) is 4.32. The number of likely N-dealkylation sites (tertiary alicyclic amines) is 1. The first kappa shape index (κ1) is 13.5. The van der Waals surface area contributed by atoms with Gasteiger partial charge in [0.1, 0.15) is 0 Å². The fraction of sp³-hybridized carbons (Fsp3) is 0.438. The van der Waals surface area contributed by atoms with Gasteiger partial charge in [0, 0.05) is 35.2 Å². The van der Waals surface area contributed by atoms with Crippen LogP contribution in [-0.2, 0) is 11.2 Å². The van der Waals surface area contributed by atoms with Gasteiger partial charge < -0.3 is 9.88 Å². The summed E-state index contributed by atoms with van der Waals surface area (Å²) < 4.78 is 0. The molecule has 3 nitrogen and oxygen atoms in total. The lowest BCUT2D eigenvalue weighted by Crippen LogP contribution is -2.39. The highest BCUT2D eigenvalue weighted by atomic mass is 35.5. The number of aromatic amines is 1. The van der Waals surface area contributed by atoms with E-state index in [-0.39, 0.29) is 5.91 Å². The molecule has 1 atom stereocenters. The van der Waals surface area contributed by atoms with Gasteiger partial charge in [0.2, 0.25) is 5.91 Å². The zero-order valence-corrected chi connectivity index (χ0v) is 12.4. The maximum Gasteiger partial charge on any atom is 0.227 e. The van der Waals surface area contributed by atoms with Crippen molar-refractivity contribution >= 4 is 28.4 Å². The normalized spacial score (nSPS) is 19.5. The van der Waals surface area contributed by atoms with Crippen LogP contribution in [0.4, 0.5) is 0 Å². The van der Waals surface area contributed by atoms with Crippen LogP contribution in [0.1, 0.15) is 25.3 Å². The average molecular weight is 291 g/mol. The van der Waals surface area contributed by atoms with E-state index in [1.54, 1.807) is 0 Å². The van der Waals surface area contributed by atoms with Crippen LogP contribution < -0.4 is 0 Å². The van der Waals surface area contributed by atoms with Crippen LogP contribution >= 0.6 is 11.6 Å². The van der Waals surface area contributed by atoms with Crippen molar-refractivity contribution in [1.29, 1.82) is 0 Å². The summed E-state index contributed by atoms with van der Waals surface area (Å²) in [5, 5.41) is 1.76. The highest BCUT2D eigenvalue weighted by molar-refractivity contribution is 6.31. The van der Waals surface area contributed by atoms with Crippen molar-refractivity contribution < 1.29 is 4.79 Å². The molecule has 1 N–H and O–H groups in total. The van der Waals surface area contributed by atoms with Gasteiger partial charge in [-0.15, -0.1) is 0 Å². The first-order valence-corrected chi connectivity index (χ1v) is 7.54. The summed E-state index contributed by atoms with van der Waals surface area (Å²) in [6.45, 7) is 4.00. The predicted octanol–water partition coefficient (Wildman–Crippen LogP) is 3.62. The van der Waals surface area contributed by atoms with Crippen molar-refractivity contribution in [3.8, 4) is 0 Å². The summed E-state index contributed by atoms with van der Waals surface area (Å²) in [6, 6.07) is 5.74. The number of nitrogens with zero attached hydrogens (tertiary/aromatic N) is 1. The summed E-state index contributed by atoms with van der Waals surface area (Å²) in [5.41, 5.74) is 2.06. The first-order valence-electron chi connectivity index (χ1n) is 7.17. The smallest absolute Gasteiger partial charge is 0.227 e. The van der Waals surface area contributed by atoms with Crippen LogP contribution in [0.15, 0.2) is 24.4 Å². The molecule has 3 rings (SSSR count). The highest BCUT2D eigenvalue weighted by Crippen LogP contribution is 2.24. The largest absolute Gasteiger partial charge is 0.361 e. The number of piperidine rings is 1. The number of carbonyl (C=O) groups excluding carboxylic acids is 1. The minimum absolute atomic E-state index is 0.220. The molecular formula is C16H19ClN2O. The summed E-state index contributed by atoms with van der Waals surface area (Å²) in [7, 11) is 0. The molecule has 1 amide bonds. The molecule has 0 saturated carbocycles. The number of hydrogen-bond acceptors (Lipinski definition) is 1. The van der Waals surface area contributed by atoms with E-state index in [0.29, 0.717) is 17.4 Å². The predicted molar refractivity (Wildman–Crippen MR) is 82.0 cm³/mol. The van der Waals surface area contributed by atoms with Crippen molar-refractivity contribution in [2.75, 3.05) is 13.1 Å². The van der Waals surface area contributed by atoms with E-state index in [0.717, 1.165) is 36.0 Å². The molecule has 4 heteroatoms. The second-order valence-corrected chi connectivity index (χ2v) is 6.20. The van der Waals surface area contributed by atoms with Gasteiger partial charge >= 0.3 is 0 Å². The topological polar surface area (TPSA) is 36.1 Å². The number of aromatic nitrogens is 1. The van der Waals surface area contributed by atoms with Crippen molar-refractivity contribution in [3.63, 3.8) is 0 Å². The molecule has 1 aromatic heterocycles. The zero-order valence-electron chi connectivity index (χ0n) is 11.7. The summed E-state index contributed by atoms with van der Waals surface area (Å²) in [5.74, 6) is 0.836. The molecule has 1 aliphatic rings. The molecule has 1 fully saturated rings. The van der Waals surface area contributed by atoms with E-state index in [2.05, 4.69) is 11.9 Å². The average Bonchev–Trinajstić information content (AvgIpc) is 2.81. The number of rotatable bonds is 2. The Balaban J connectivity index is 1.78. The van der Waals surface area contributed by atoms with Gasteiger partial charge in [-0.05, 0) is 42.5 Å². The lowest BCUT2D eigenvalue weighted by atomic mass is 9.99. The van der Waals surface area contributed by atoms with Crippen molar-refractivity contribution in [3.05, 3.63) is 35.0 Å². The van der Waals surface area contributed by atoms with Crippen LogP contribution in [0.2, 0.25) is 5.02 Å². The zero-order chi connectivity index (χ0) is 14.1. The SMILES string of the molecule is CC1CCCN(C(=O)Cc2c[nH]c3ccc(Cl)cc23)C1. The number of H-pyrrole nitrogens is 1. The fourth-order valence-electron chi connectivity index (χ4n) is 2.99. The van der Waals surface area contributed by atoms with E-state index in [4.69, 9.17) is 11.6 Å². The molecule has 0 radical (unpaired) electrons. The Morgan fingerprint density at radius 3 is 3.15 bits per heavy atom. The minimum atomic E-state index is 0.220. The number of benzene rings is 1. The van der Waals surface area contributed by atoms with Crippen LogP contribution in [0.5, 0.6) is 0 Å². The standard InChI is InChI=1S/C16H19ClN2O/c1-11-3-2-6-19(10-11)16(20)7-12-9-18-15-5-4-13(17)8-14(12)15/h4-5,8-9,11,18H,2-3,6-7,10H2,1H3. The van der Waals surface area contributed by atoms with Gasteiger partial charge in [0.15, 0.2) is 0 Å². The van der Waals surface area contributed by atoms with Gasteiger partial charge in [0.25, 0.3) is 0 Å². The molecule has 1 unspecified atom stereocenters. The maximum absolute atomic E-state index is 12.4. The molecule has 0 spiro atoms. The highest BCUT2D eigenvalue weighted by Gasteiger charge is 2.21. The number of amides is 1. The monoisotopic (exact) mass is 290 g/mol. The Labute approximate surface area is 123 Å². The first-order chi connectivity index (χ1) is 9.63. The van der Waals surface area contributed by atoms with Crippen LogP contribution in [0, 0.1) is 5.92 Å². The number of fused-ring (bicyclic) bond motifs is 1. The second-order valence-electron chi connectivity index (χ2n) is 5.77. The van der Waals surface area contributed by atoms with Crippen LogP contribution in [0.3, 0.4) is 0 Å². The van der Waals surface area contributed by atoms with Crippen LogP contribution in [0.25, 0.3) is 10.9 Å². The summed E-state index contributed by atoms with van der Waals surface area (Å²) in [4.78, 5) is 17.6. The van der Waals surface area contributed by atoms with Gasteiger partial charge in [-0.1, -0.05) is 18.5 Å². The summed E-state index contributed by atoms with van der Waals surface area (Å²) >= 11 is 6.04. The lowest BCUT2D eigenvalue weighted by Gasteiger charge is -2.31. The summed E-state index contributed by atoms with van der Waals surface area (Å²) in [6.07, 6.45) is 4.72. The quantitative estimate of drug-likeness (QED) is 0.901. The maximum atomic E-state index is 12.4. The molecule has 2 aromatic rings. The Morgan fingerprint density at radius 1 is 1.50 bits per heavy atom.